The van der Waals surface area contributed by atoms with Crippen LogP contribution in [0.15, 0.2) is 11.6 Å². The van der Waals surface area contributed by atoms with Gasteiger partial charge in [0.05, 0.1) is 18.9 Å². The molecule has 10 heteroatoms. The molecule has 1 saturated heterocycles. The van der Waals surface area contributed by atoms with E-state index in [-0.39, 0.29) is 0 Å². The molecule has 0 radical (unpaired) electrons. The summed E-state index contributed by atoms with van der Waals surface area (Å²) in [7, 11) is 0. The Bertz CT molecular complexity index is 653. The number of thiazole rings is 1. The average Bonchev–Trinajstić information content (AvgIpc) is 3.04. The van der Waals surface area contributed by atoms with Gasteiger partial charge in [-0.3, -0.25) is 9.30 Å². The first-order valence-electron chi connectivity index (χ1n) is 6.35. The highest BCUT2D eigenvalue weighted by Crippen LogP contribution is 2.22. The van der Waals surface area contributed by atoms with Gasteiger partial charge in [-0.25, -0.2) is 14.6 Å². The predicted molar refractivity (Wildman–Crippen MR) is 79.4 cm³/mol. The molecule has 120 valence electrons. The number of imidazole rings is 1. The van der Waals surface area contributed by atoms with E-state index >= 15 is 0 Å². The molecule has 1 fully saturated rings. The topological polar surface area (TPSA) is 104 Å². The summed E-state index contributed by atoms with van der Waals surface area (Å²) >= 11 is 7.75. The molecule has 8 nitrogen and oxygen atoms in total. The Hall–Kier alpha value is -1.68. The number of carbonyl (C=O) groups is 2. The monoisotopic (exact) mass is 347 g/mol. The van der Waals surface area contributed by atoms with E-state index in [1.54, 1.807) is 11.3 Å². The number of aromatic nitrogens is 2. The van der Waals surface area contributed by atoms with Gasteiger partial charge in [0.25, 0.3) is 0 Å². The molecule has 1 aliphatic heterocycles. The number of carboxylic acids is 2. The van der Waals surface area contributed by atoms with Crippen molar-refractivity contribution in [3.05, 3.63) is 22.4 Å². The summed E-state index contributed by atoms with van der Waals surface area (Å²) in [6, 6.07) is 0. The van der Waals surface area contributed by atoms with E-state index in [1.165, 1.54) is 0 Å². The largest absolute Gasteiger partial charge is 0.473 e. The molecular formula is C12H14ClN3O5S. The van der Waals surface area contributed by atoms with Crippen molar-refractivity contribution < 1.29 is 24.5 Å². The zero-order valence-corrected chi connectivity index (χ0v) is 13.0. The fraction of sp³-hybridized carbons (Fsp3) is 0.417. The number of halogens is 1. The number of hydrogen-bond acceptors (Lipinski definition) is 6. The van der Waals surface area contributed by atoms with Gasteiger partial charge in [-0.1, -0.05) is 11.6 Å². The van der Waals surface area contributed by atoms with Crippen LogP contribution in [-0.4, -0.2) is 62.7 Å². The van der Waals surface area contributed by atoms with Crippen molar-refractivity contribution in [1.82, 2.24) is 14.3 Å². The Balaban J connectivity index is 0.000000254. The number of hydrogen-bond donors (Lipinski definition) is 2. The van der Waals surface area contributed by atoms with Crippen LogP contribution < -0.4 is 0 Å². The molecule has 3 rings (SSSR count). The second-order valence-electron chi connectivity index (χ2n) is 4.40. The zero-order valence-electron chi connectivity index (χ0n) is 11.4. The second kappa shape index (κ2) is 7.54. The van der Waals surface area contributed by atoms with Gasteiger partial charge < -0.3 is 14.9 Å². The molecule has 2 aromatic rings. The summed E-state index contributed by atoms with van der Waals surface area (Å²) < 4.78 is 7.40. The maximum absolute atomic E-state index is 9.10. The SMILES string of the molecule is Clc1nc2sccn2c1CN1CCOCC1.O=C(O)C(=O)O. The van der Waals surface area contributed by atoms with Gasteiger partial charge in [-0.15, -0.1) is 11.3 Å². The number of nitrogens with zero attached hydrogens (tertiary/aromatic N) is 3. The number of morpholine rings is 1. The van der Waals surface area contributed by atoms with Gasteiger partial charge in [-0.05, 0) is 0 Å². The summed E-state index contributed by atoms with van der Waals surface area (Å²) in [5, 5.41) is 17.4. The quantitative estimate of drug-likeness (QED) is 0.782. The van der Waals surface area contributed by atoms with E-state index < -0.39 is 11.9 Å². The predicted octanol–water partition coefficient (Wildman–Crippen LogP) is 1.04. The highest BCUT2D eigenvalue weighted by atomic mass is 35.5. The Kier molecular flexibility index (Phi) is 5.72. The molecule has 22 heavy (non-hydrogen) atoms. The summed E-state index contributed by atoms with van der Waals surface area (Å²) in [5.41, 5.74) is 1.08. The van der Waals surface area contributed by atoms with Crippen molar-refractivity contribution in [3.63, 3.8) is 0 Å². The first-order chi connectivity index (χ1) is 10.5. The molecule has 0 aliphatic carbocycles. The lowest BCUT2D eigenvalue weighted by atomic mass is 10.3. The van der Waals surface area contributed by atoms with Gasteiger partial charge in [0.2, 0.25) is 0 Å². The standard InChI is InChI=1S/C10H12ClN3OS.C2H2O4/c11-9-8(7-13-1-4-15-5-2-13)14-3-6-16-10(14)12-9;3-1(4)2(5)6/h3,6H,1-2,4-5,7H2;(H,3,4)(H,5,6). The summed E-state index contributed by atoms with van der Waals surface area (Å²) in [6.45, 7) is 4.40. The average molecular weight is 348 g/mol. The minimum absolute atomic E-state index is 0.623. The minimum atomic E-state index is -1.82. The van der Waals surface area contributed by atoms with Crippen LogP contribution in [0.25, 0.3) is 4.96 Å². The van der Waals surface area contributed by atoms with Crippen LogP contribution in [-0.2, 0) is 20.9 Å². The van der Waals surface area contributed by atoms with Crippen molar-refractivity contribution in [2.24, 2.45) is 0 Å². The van der Waals surface area contributed by atoms with Gasteiger partial charge in [0, 0.05) is 31.2 Å². The molecule has 0 amide bonds. The molecular weight excluding hydrogens is 334 g/mol. The highest BCUT2D eigenvalue weighted by molar-refractivity contribution is 7.15. The van der Waals surface area contributed by atoms with Crippen molar-refractivity contribution in [1.29, 1.82) is 0 Å². The molecule has 0 atom stereocenters. The molecule has 0 saturated carbocycles. The first kappa shape index (κ1) is 16.7. The van der Waals surface area contributed by atoms with Crippen LogP contribution in [0, 0.1) is 0 Å². The fourth-order valence-electron chi connectivity index (χ4n) is 1.92. The molecule has 2 N–H and O–H groups in total. The summed E-state index contributed by atoms with van der Waals surface area (Å²) in [4.78, 5) is 25.8. The minimum Gasteiger partial charge on any atom is -0.473 e. The Morgan fingerprint density at radius 2 is 1.95 bits per heavy atom. The number of ether oxygens (including phenoxy) is 1. The van der Waals surface area contributed by atoms with E-state index in [0.29, 0.717) is 5.15 Å². The van der Waals surface area contributed by atoms with Crippen molar-refractivity contribution in [3.8, 4) is 0 Å². The van der Waals surface area contributed by atoms with E-state index in [1.807, 2.05) is 11.6 Å². The molecule has 0 unspecified atom stereocenters. The molecule has 3 heterocycles. The highest BCUT2D eigenvalue weighted by Gasteiger charge is 2.16. The zero-order chi connectivity index (χ0) is 16.1. The molecule has 2 aromatic heterocycles. The molecule has 0 spiro atoms. The fourth-order valence-corrected chi connectivity index (χ4v) is 2.93. The van der Waals surface area contributed by atoms with E-state index in [4.69, 9.17) is 36.1 Å². The Morgan fingerprint density at radius 1 is 1.32 bits per heavy atom. The first-order valence-corrected chi connectivity index (χ1v) is 7.61. The van der Waals surface area contributed by atoms with E-state index in [9.17, 15) is 0 Å². The van der Waals surface area contributed by atoms with Crippen molar-refractivity contribution in [2.75, 3.05) is 26.3 Å². The van der Waals surface area contributed by atoms with Crippen molar-refractivity contribution in [2.45, 2.75) is 6.54 Å². The number of aliphatic carboxylic acids is 2. The summed E-state index contributed by atoms with van der Waals surface area (Å²) in [6.07, 6.45) is 2.02. The Labute approximate surface area is 134 Å². The van der Waals surface area contributed by atoms with Gasteiger partial charge in [-0.2, -0.15) is 0 Å². The molecule has 1 aliphatic rings. The third-order valence-electron chi connectivity index (χ3n) is 2.97. The van der Waals surface area contributed by atoms with Gasteiger partial charge in [0.15, 0.2) is 10.1 Å². The van der Waals surface area contributed by atoms with Crippen LogP contribution in [0.2, 0.25) is 5.15 Å². The lowest BCUT2D eigenvalue weighted by Gasteiger charge is -2.26. The normalized spacial score (nSPS) is 15.3. The number of rotatable bonds is 2. The maximum Gasteiger partial charge on any atom is 0.414 e. The second-order valence-corrected chi connectivity index (χ2v) is 5.63. The maximum atomic E-state index is 9.10. The van der Waals surface area contributed by atoms with Gasteiger partial charge in [0.1, 0.15) is 0 Å². The molecule has 0 aromatic carbocycles. The molecule has 0 bridgehead atoms. The lowest BCUT2D eigenvalue weighted by Crippen LogP contribution is -2.36. The van der Waals surface area contributed by atoms with Crippen LogP contribution in [0.3, 0.4) is 0 Å². The van der Waals surface area contributed by atoms with E-state index in [2.05, 4.69) is 14.3 Å². The van der Waals surface area contributed by atoms with Crippen LogP contribution in [0.5, 0.6) is 0 Å². The van der Waals surface area contributed by atoms with E-state index in [0.717, 1.165) is 43.5 Å². The number of fused-ring (bicyclic) bond motifs is 1. The van der Waals surface area contributed by atoms with Crippen LogP contribution in [0.1, 0.15) is 5.69 Å². The lowest BCUT2D eigenvalue weighted by molar-refractivity contribution is -0.159. The number of carboxylic acid groups (broad SMARTS) is 2. The van der Waals surface area contributed by atoms with Gasteiger partial charge >= 0.3 is 11.9 Å². The smallest absolute Gasteiger partial charge is 0.414 e. The van der Waals surface area contributed by atoms with Crippen LogP contribution in [0.4, 0.5) is 0 Å². The van der Waals surface area contributed by atoms with Crippen LogP contribution >= 0.6 is 22.9 Å². The third-order valence-corrected chi connectivity index (χ3v) is 4.03. The summed E-state index contributed by atoms with van der Waals surface area (Å²) in [5.74, 6) is -3.65. The Morgan fingerprint density at radius 3 is 2.55 bits per heavy atom. The third kappa shape index (κ3) is 4.17. The van der Waals surface area contributed by atoms with Crippen molar-refractivity contribution >= 4 is 39.8 Å².